The largest absolute Gasteiger partial charge is 0.455 e. The summed E-state index contributed by atoms with van der Waals surface area (Å²) in [6.07, 6.45) is 0. The lowest BCUT2D eigenvalue weighted by atomic mass is 9.59. The van der Waals surface area contributed by atoms with Gasteiger partial charge in [-0.2, -0.15) is 0 Å². The molecule has 0 N–H and O–H groups in total. The second-order valence-corrected chi connectivity index (χ2v) is 11.5. The summed E-state index contributed by atoms with van der Waals surface area (Å²) in [6, 6.07) is 39.8. The molecule has 0 aliphatic rings. The summed E-state index contributed by atoms with van der Waals surface area (Å²) < 4.78 is 6.73. The number of fused-ring (bicyclic) bond motifs is 3. The van der Waals surface area contributed by atoms with E-state index in [2.05, 4.69) is 12.1 Å². The molecular weight excluding hydrogens is 581 g/mol. The monoisotopic (exact) mass is 601 g/mol. The highest BCUT2D eigenvalue weighted by Gasteiger charge is 2.19. The maximum Gasteiger partial charge on any atom is 0.167 e. The summed E-state index contributed by atoms with van der Waals surface area (Å²) >= 11 is 0. The Morgan fingerprint density at radius 2 is 0.792 bits per heavy atom. The predicted molar refractivity (Wildman–Crippen MR) is 201 cm³/mol. The van der Waals surface area contributed by atoms with Gasteiger partial charge in [-0.25, -0.2) is 15.0 Å². The van der Waals surface area contributed by atoms with Crippen molar-refractivity contribution in [3.63, 3.8) is 0 Å². The van der Waals surface area contributed by atoms with E-state index in [0.29, 0.717) is 39.5 Å². The lowest BCUT2D eigenvalue weighted by molar-refractivity contribution is 0.670. The highest BCUT2D eigenvalue weighted by atomic mass is 16.3. The third kappa shape index (κ3) is 4.98. The Bertz CT molecular complexity index is 2410. The van der Waals surface area contributed by atoms with E-state index in [4.69, 9.17) is 58.6 Å². The lowest BCUT2D eigenvalue weighted by Gasteiger charge is -2.21. The van der Waals surface area contributed by atoms with Crippen LogP contribution in [0.25, 0.3) is 78.4 Å². The number of aromatic nitrogens is 3. The predicted octanol–water partition coefficient (Wildman–Crippen LogP) is 4.08. The fourth-order valence-corrected chi connectivity index (χ4v) is 6.13. The van der Waals surface area contributed by atoms with Crippen LogP contribution in [0.2, 0.25) is 0 Å². The van der Waals surface area contributed by atoms with Crippen LogP contribution in [0.3, 0.4) is 0 Å². The highest BCUT2D eigenvalue weighted by molar-refractivity contribution is 6.68. The summed E-state index contributed by atoms with van der Waals surface area (Å²) in [5.41, 5.74) is 8.39. The van der Waals surface area contributed by atoms with Gasteiger partial charge in [-0.05, 0) is 22.8 Å². The van der Waals surface area contributed by atoms with E-state index < -0.39 is 0 Å². The third-order valence-electron chi connectivity index (χ3n) is 8.65. The number of nitrogens with zero attached hydrogens (tertiary/aromatic N) is 3. The molecule has 9 heteroatoms. The molecular formula is C39H20B5N3O. The molecule has 0 unspecified atom stereocenters. The Hall–Kier alpha value is -5.55. The second-order valence-electron chi connectivity index (χ2n) is 11.5. The Labute approximate surface area is 284 Å². The van der Waals surface area contributed by atoms with Crippen molar-refractivity contribution in [1.29, 1.82) is 0 Å². The molecule has 2 aromatic heterocycles. The summed E-state index contributed by atoms with van der Waals surface area (Å²) in [7, 11) is 30.9. The summed E-state index contributed by atoms with van der Waals surface area (Å²) in [4.78, 5) is 14.7. The summed E-state index contributed by atoms with van der Waals surface area (Å²) in [5, 5.41) is 1.93. The first kappa shape index (κ1) is 29.8. The van der Waals surface area contributed by atoms with Crippen LogP contribution in [0, 0.1) is 0 Å². The summed E-state index contributed by atoms with van der Waals surface area (Å²) in [6.45, 7) is 0. The van der Waals surface area contributed by atoms with Gasteiger partial charge in [-0.15, -0.1) is 16.4 Å². The van der Waals surface area contributed by atoms with Gasteiger partial charge in [0, 0.05) is 27.5 Å². The summed E-state index contributed by atoms with van der Waals surface area (Å²) in [5.74, 6) is 1.69. The molecule has 2 heterocycles. The van der Waals surface area contributed by atoms with E-state index in [1.165, 1.54) is 0 Å². The maximum absolute atomic E-state index is 6.73. The Morgan fingerprint density at radius 3 is 1.33 bits per heavy atom. The van der Waals surface area contributed by atoms with Gasteiger partial charge in [0.25, 0.3) is 0 Å². The van der Waals surface area contributed by atoms with Gasteiger partial charge in [0.05, 0.1) is 5.56 Å². The van der Waals surface area contributed by atoms with E-state index in [-0.39, 0.29) is 16.4 Å². The van der Waals surface area contributed by atoms with Crippen LogP contribution in [0.15, 0.2) is 126 Å². The molecule has 212 valence electrons. The standard InChI is InChI=1S/C39H20B5N3O/c40-30-29(31(41)33(43)34(44)32(30)42)22-19-17-21(18-20-22)25-13-7-14-26-27-15-8-16-28(36(27)48-35(25)26)39-46-37(23-9-3-1-4-10-23)45-38(47-39)24-11-5-2-6-12-24/h1-20H. The molecule has 0 saturated heterocycles. The number of hydrogen-bond acceptors (Lipinski definition) is 4. The number of furan rings is 1. The van der Waals surface area contributed by atoms with Gasteiger partial charge < -0.3 is 4.42 Å². The van der Waals surface area contributed by atoms with Gasteiger partial charge >= 0.3 is 0 Å². The molecule has 8 rings (SSSR count). The van der Waals surface area contributed by atoms with Gasteiger partial charge in [0.2, 0.25) is 0 Å². The SMILES string of the molecule is [B]c1c([B])c([B])c(-c2ccc(-c3cccc4c3oc3c(-c5nc(-c6ccccc6)nc(-c6ccccc6)n5)cccc34)cc2)c([B])c1[B]. The van der Waals surface area contributed by atoms with Crippen molar-refractivity contribution in [2.24, 2.45) is 0 Å². The van der Waals surface area contributed by atoms with Crippen molar-refractivity contribution in [3.05, 3.63) is 121 Å². The van der Waals surface area contributed by atoms with Gasteiger partial charge in [-0.1, -0.05) is 126 Å². The molecule has 6 aromatic carbocycles. The average Bonchev–Trinajstić information content (AvgIpc) is 3.53. The molecule has 0 fully saturated rings. The Morgan fingerprint density at radius 1 is 0.354 bits per heavy atom. The van der Waals surface area contributed by atoms with E-state index in [9.17, 15) is 0 Å². The first-order valence-corrected chi connectivity index (χ1v) is 15.3. The number of benzene rings is 6. The fraction of sp³-hybridized carbons (Fsp3) is 0. The van der Waals surface area contributed by atoms with Gasteiger partial charge in [-0.3, -0.25) is 0 Å². The van der Waals surface area contributed by atoms with Gasteiger partial charge in [0.15, 0.2) is 17.5 Å². The first-order chi connectivity index (χ1) is 23.4. The van der Waals surface area contributed by atoms with Crippen molar-refractivity contribution in [1.82, 2.24) is 15.0 Å². The zero-order chi connectivity index (χ0) is 32.9. The van der Waals surface area contributed by atoms with E-state index in [1.807, 2.05) is 109 Å². The van der Waals surface area contributed by atoms with Crippen molar-refractivity contribution in [2.45, 2.75) is 0 Å². The van der Waals surface area contributed by atoms with Crippen LogP contribution < -0.4 is 27.3 Å². The van der Waals surface area contributed by atoms with Crippen molar-refractivity contribution in [2.75, 3.05) is 0 Å². The zero-order valence-corrected chi connectivity index (χ0v) is 25.7. The molecule has 10 radical (unpaired) electrons. The molecule has 0 amide bonds. The minimum absolute atomic E-state index is 0.186. The van der Waals surface area contributed by atoms with Gasteiger partial charge in [0.1, 0.15) is 50.4 Å². The van der Waals surface area contributed by atoms with Crippen LogP contribution in [-0.4, -0.2) is 54.2 Å². The quantitative estimate of drug-likeness (QED) is 0.280. The fourth-order valence-electron chi connectivity index (χ4n) is 6.13. The molecule has 0 saturated carbocycles. The third-order valence-corrected chi connectivity index (χ3v) is 8.65. The molecule has 0 aliphatic carbocycles. The zero-order valence-electron chi connectivity index (χ0n) is 25.7. The lowest BCUT2D eigenvalue weighted by Crippen LogP contribution is -2.55. The number of rotatable bonds is 5. The molecule has 0 bridgehead atoms. The van der Waals surface area contributed by atoms with Crippen LogP contribution >= 0.6 is 0 Å². The van der Waals surface area contributed by atoms with Crippen LogP contribution in [0.5, 0.6) is 0 Å². The van der Waals surface area contributed by atoms with E-state index in [0.717, 1.165) is 49.7 Å². The van der Waals surface area contributed by atoms with Crippen molar-refractivity contribution >= 4 is 88.5 Å². The molecule has 48 heavy (non-hydrogen) atoms. The molecule has 0 aliphatic heterocycles. The normalized spacial score (nSPS) is 11.3. The maximum atomic E-state index is 6.73. The topological polar surface area (TPSA) is 51.8 Å². The highest BCUT2D eigenvalue weighted by Crippen LogP contribution is 2.40. The van der Waals surface area contributed by atoms with Crippen LogP contribution in [0.1, 0.15) is 0 Å². The smallest absolute Gasteiger partial charge is 0.167 e. The van der Waals surface area contributed by atoms with E-state index in [1.54, 1.807) is 0 Å². The molecule has 8 aromatic rings. The average molecular weight is 601 g/mol. The minimum atomic E-state index is 0.186. The van der Waals surface area contributed by atoms with Crippen LogP contribution in [0.4, 0.5) is 0 Å². The van der Waals surface area contributed by atoms with E-state index >= 15 is 0 Å². The number of para-hydroxylation sites is 2. The second kappa shape index (κ2) is 11.9. The Balaban J connectivity index is 1.27. The molecule has 4 nitrogen and oxygen atoms in total. The first-order valence-electron chi connectivity index (χ1n) is 15.3. The van der Waals surface area contributed by atoms with Crippen molar-refractivity contribution in [3.8, 4) is 56.4 Å². The minimum Gasteiger partial charge on any atom is -0.455 e. The van der Waals surface area contributed by atoms with Crippen molar-refractivity contribution < 1.29 is 4.42 Å². The molecule has 0 atom stereocenters. The van der Waals surface area contributed by atoms with Crippen LogP contribution in [-0.2, 0) is 0 Å². The Kier molecular flexibility index (Phi) is 7.41. The number of hydrogen-bond donors (Lipinski definition) is 0. The molecule has 0 spiro atoms.